The van der Waals surface area contributed by atoms with E-state index in [2.05, 4.69) is 13.8 Å². The van der Waals surface area contributed by atoms with Gasteiger partial charge in [0.25, 0.3) is 0 Å². The van der Waals surface area contributed by atoms with Gasteiger partial charge in [-0.25, -0.2) is 8.78 Å². The van der Waals surface area contributed by atoms with Crippen LogP contribution in [0.15, 0.2) is 24.3 Å². The molecule has 0 saturated heterocycles. The average Bonchev–Trinajstić information content (AvgIpc) is 2.95. The monoisotopic (exact) mass is 548 g/mol. The number of hydrogen-bond donors (Lipinski definition) is 0. The van der Waals surface area contributed by atoms with Crippen LogP contribution in [0.25, 0.3) is 0 Å². The van der Waals surface area contributed by atoms with Crippen molar-refractivity contribution in [1.82, 2.24) is 0 Å². The van der Waals surface area contributed by atoms with Gasteiger partial charge in [0.2, 0.25) is 11.6 Å². The van der Waals surface area contributed by atoms with Crippen molar-refractivity contribution in [3.63, 3.8) is 0 Å². The first-order chi connectivity index (χ1) is 18.9. The van der Waals surface area contributed by atoms with Crippen LogP contribution in [-0.2, 0) is 0 Å². The summed E-state index contributed by atoms with van der Waals surface area (Å²) in [4.78, 5) is 0. The third-order valence-corrected chi connectivity index (χ3v) is 8.88. The fourth-order valence-corrected chi connectivity index (χ4v) is 6.25. The van der Waals surface area contributed by atoms with E-state index >= 15 is 8.78 Å². The van der Waals surface area contributed by atoms with Crippen molar-refractivity contribution < 1.29 is 27.0 Å². The largest absolute Gasteiger partial charge is 0.490 e. The number of rotatable bonds is 12. The van der Waals surface area contributed by atoms with Gasteiger partial charge < -0.3 is 9.47 Å². The van der Waals surface area contributed by atoms with Gasteiger partial charge >= 0.3 is 0 Å². The molecule has 0 N–H and O–H groups in total. The molecule has 2 aromatic rings. The van der Waals surface area contributed by atoms with E-state index in [1.165, 1.54) is 18.6 Å². The second-order valence-corrected chi connectivity index (χ2v) is 11.8. The van der Waals surface area contributed by atoms with Gasteiger partial charge in [0, 0.05) is 0 Å². The van der Waals surface area contributed by atoms with E-state index < -0.39 is 23.3 Å². The molecule has 0 spiro atoms. The summed E-state index contributed by atoms with van der Waals surface area (Å²) in [5.74, 6) is -2.73. The van der Waals surface area contributed by atoms with Crippen LogP contribution in [0.2, 0.25) is 0 Å². The van der Waals surface area contributed by atoms with E-state index in [4.69, 9.17) is 9.47 Å². The highest BCUT2D eigenvalue weighted by Gasteiger charge is 2.29. The number of ether oxygens (including phenoxy) is 2. The van der Waals surface area contributed by atoms with Gasteiger partial charge in [-0.2, -0.15) is 8.78 Å². The van der Waals surface area contributed by atoms with Crippen molar-refractivity contribution >= 4 is 0 Å². The van der Waals surface area contributed by atoms with Crippen LogP contribution >= 0.6 is 0 Å². The minimum absolute atomic E-state index is 0.0382. The molecule has 0 aromatic heterocycles. The van der Waals surface area contributed by atoms with Gasteiger partial charge in [0.05, 0.1) is 13.2 Å². The fourth-order valence-electron chi connectivity index (χ4n) is 6.25. The SMILES string of the molecule is CCCCCCCOc1ccc(OCC2CCC(c3ccc(C4CCC(C)CC4)c(F)c3F)CC2)c(F)c1F. The molecule has 2 saturated carbocycles. The van der Waals surface area contributed by atoms with Crippen LogP contribution in [0.5, 0.6) is 11.5 Å². The zero-order valence-corrected chi connectivity index (χ0v) is 23.6. The maximum absolute atomic E-state index is 15.1. The number of hydrogen-bond acceptors (Lipinski definition) is 2. The highest BCUT2D eigenvalue weighted by atomic mass is 19.2. The van der Waals surface area contributed by atoms with Gasteiger partial charge in [-0.05, 0) is 91.9 Å². The normalized spacial score (nSPS) is 23.5. The summed E-state index contributed by atoms with van der Waals surface area (Å²) in [5, 5.41) is 0. The molecular formula is C33H44F4O2. The molecule has 0 bridgehead atoms. The van der Waals surface area contributed by atoms with Crippen molar-refractivity contribution in [2.45, 2.75) is 109 Å². The summed E-state index contributed by atoms with van der Waals surface area (Å²) >= 11 is 0. The van der Waals surface area contributed by atoms with Crippen molar-refractivity contribution in [3.8, 4) is 11.5 Å². The van der Waals surface area contributed by atoms with Crippen LogP contribution in [0.4, 0.5) is 17.6 Å². The lowest BCUT2D eigenvalue weighted by atomic mass is 9.76. The Morgan fingerprint density at radius 3 is 1.69 bits per heavy atom. The van der Waals surface area contributed by atoms with Crippen molar-refractivity contribution in [2.24, 2.45) is 11.8 Å². The maximum atomic E-state index is 15.1. The molecule has 0 atom stereocenters. The molecule has 2 aromatic carbocycles. The van der Waals surface area contributed by atoms with Crippen LogP contribution < -0.4 is 9.47 Å². The topological polar surface area (TPSA) is 18.5 Å². The Balaban J connectivity index is 1.25. The molecule has 0 unspecified atom stereocenters. The first-order valence-corrected chi connectivity index (χ1v) is 15.1. The summed E-state index contributed by atoms with van der Waals surface area (Å²) in [6, 6.07) is 6.44. The highest BCUT2D eigenvalue weighted by molar-refractivity contribution is 5.35. The van der Waals surface area contributed by atoms with E-state index in [1.807, 2.05) is 0 Å². The van der Waals surface area contributed by atoms with E-state index in [0.29, 0.717) is 36.5 Å². The van der Waals surface area contributed by atoms with Crippen LogP contribution in [-0.4, -0.2) is 13.2 Å². The minimum atomic E-state index is -1.03. The lowest BCUT2D eigenvalue weighted by molar-refractivity contribution is 0.190. The third kappa shape index (κ3) is 7.70. The fraction of sp³-hybridized carbons (Fsp3) is 0.636. The molecule has 2 nitrogen and oxygen atoms in total. The zero-order valence-electron chi connectivity index (χ0n) is 23.6. The molecule has 0 radical (unpaired) electrons. The molecule has 2 aliphatic carbocycles. The smallest absolute Gasteiger partial charge is 0.204 e. The van der Waals surface area contributed by atoms with Crippen molar-refractivity contribution in [3.05, 3.63) is 58.7 Å². The Hall–Kier alpha value is -2.24. The van der Waals surface area contributed by atoms with E-state index in [-0.39, 0.29) is 35.9 Å². The second-order valence-electron chi connectivity index (χ2n) is 11.8. The predicted molar refractivity (Wildman–Crippen MR) is 148 cm³/mol. The van der Waals surface area contributed by atoms with E-state index in [1.54, 1.807) is 12.1 Å². The Bertz CT molecular complexity index is 1060. The number of halogens is 4. The second kappa shape index (κ2) is 14.4. The van der Waals surface area contributed by atoms with Crippen LogP contribution in [0, 0.1) is 35.1 Å². The van der Waals surface area contributed by atoms with Crippen molar-refractivity contribution in [2.75, 3.05) is 13.2 Å². The lowest BCUT2D eigenvalue weighted by Gasteiger charge is -2.30. The molecule has 0 aliphatic heterocycles. The first-order valence-electron chi connectivity index (χ1n) is 15.1. The molecule has 39 heavy (non-hydrogen) atoms. The Morgan fingerprint density at radius 2 is 1.13 bits per heavy atom. The number of benzene rings is 2. The molecular weight excluding hydrogens is 504 g/mol. The van der Waals surface area contributed by atoms with Gasteiger partial charge in [0.15, 0.2) is 23.1 Å². The number of unbranched alkanes of at least 4 members (excludes halogenated alkanes) is 4. The molecule has 2 fully saturated rings. The molecule has 2 aliphatic rings. The third-order valence-electron chi connectivity index (χ3n) is 8.88. The molecule has 0 heterocycles. The Morgan fingerprint density at radius 1 is 0.615 bits per heavy atom. The predicted octanol–water partition coefficient (Wildman–Crippen LogP) is 10.2. The summed E-state index contributed by atoms with van der Waals surface area (Å²) in [7, 11) is 0. The first kappa shape index (κ1) is 29.7. The molecule has 4 rings (SSSR count). The van der Waals surface area contributed by atoms with Gasteiger partial charge in [0.1, 0.15) is 0 Å². The van der Waals surface area contributed by atoms with E-state index in [0.717, 1.165) is 64.2 Å². The zero-order chi connectivity index (χ0) is 27.8. The Kier molecular flexibility index (Phi) is 11.0. The van der Waals surface area contributed by atoms with Crippen molar-refractivity contribution in [1.29, 1.82) is 0 Å². The standard InChI is InChI=1S/C33H44F4O2/c1-3-4-5-6-7-20-38-28-18-19-29(33(37)32(28)36)39-21-23-10-14-25(15-11-23)27-17-16-26(30(34)31(27)35)24-12-8-22(2)9-13-24/h16-19,22-25H,3-15,20-21H2,1-2H3. The summed E-state index contributed by atoms with van der Waals surface area (Å²) in [6.45, 7) is 4.98. The van der Waals surface area contributed by atoms with E-state index in [9.17, 15) is 8.78 Å². The molecule has 6 heteroatoms. The van der Waals surface area contributed by atoms with Crippen LogP contribution in [0.3, 0.4) is 0 Å². The minimum Gasteiger partial charge on any atom is -0.490 e. The average molecular weight is 549 g/mol. The molecule has 0 amide bonds. The summed E-state index contributed by atoms with van der Waals surface area (Å²) < 4.78 is 70.3. The van der Waals surface area contributed by atoms with Gasteiger partial charge in [-0.15, -0.1) is 0 Å². The molecule has 216 valence electrons. The highest BCUT2D eigenvalue weighted by Crippen LogP contribution is 2.41. The van der Waals surface area contributed by atoms with Gasteiger partial charge in [-0.1, -0.05) is 64.5 Å². The van der Waals surface area contributed by atoms with Gasteiger partial charge in [-0.3, -0.25) is 0 Å². The lowest BCUT2D eigenvalue weighted by Crippen LogP contribution is -2.21. The summed E-state index contributed by atoms with van der Waals surface area (Å²) in [5.41, 5.74) is 0.997. The Labute approximate surface area is 231 Å². The maximum Gasteiger partial charge on any atom is 0.204 e. The van der Waals surface area contributed by atoms with Crippen LogP contribution in [0.1, 0.15) is 120 Å². The quantitative estimate of drug-likeness (QED) is 0.194. The summed E-state index contributed by atoms with van der Waals surface area (Å²) in [6.07, 6.45) is 12.2.